The number of nitrogens with one attached hydrogen (secondary N) is 1. The minimum Gasteiger partial charge on any atom is -0.303 e. The van der Waals surface area contributed by atoms with Crippen molar-refractivity contribution in [3.63, 3.8) is 0 Å². The minimum absolute atomic E-state index is 0.141. The van der Waals surface area contributed by atoms with Gasteiger partial charge in [0.1, 0.15) is 5.82 Å². The summed E-state index contributed by atoms with van der Waals surface area (Å²) in [6, 6.07) is 11.3. The van der Waals surface area contributed by atoms with Crippen LogP contribution in [0.4, 0.5) is 4.39 Å². The molecule has 0 bridgehead atoms. The minimum atomic E-state index is -0.181. The molecule has 0 radical (unpaired) electrons. The van der Waals surface area contributed by atoms with Crippen LogP contribution in [0.3, 0.4) is 0 Å². The monoisotopic (exact) mass is 249 g/mol. The summed E-state index contributed by atoms with van der Waals surface area (Å²) in [7, 11) is 0. The van der Waals surface area contributed by atoms with Crippen LogP contribution in [0.15, 0.2) is 41.8 Å². The molecule has 2 atom stereocenters. The molecule has 90 valence electrons. The molecule has 17 heavy (non-hydrogen) atoms. The lowest BCUT2D eigenvalue weighted by Gasteiger charge is -2.19. The highest BCUT2D eigenvalue weighted by Crippen LogP contribution is 2.22. The molecule has 0 fully saturated rings. The first-order valence-corrected chi connectivity index (χ1v) is 6.59. The predicted octanol–water partition coefficient (Wildman–Crippen LogP) is 4.30. The van der Waals surface area contributed by atoms with Gasteiger partial charge in [-0.25, -0.2) is 4.39 Å². The van der Waals surface area contributed by atoms with E-state index in [0.717, 1.165) is 5.56 Å². The molecular formula is C14H16FNS. The highest BCUT2D eigenvalue weighted by atomic mass is 32.1. The summed E-state index contributed by atoms with van der Waals surface area (Å²) < 4.78 is 13.1. The summed E-state index contributed by atoms with van der Waals surface area (Å²) in [6.45, 7) is 4.18. The Morgan fingerprint density at radius 3 is 2.59 bits per heavy atom. The maximum atomic E-state index is 13.1. The van der Waals surface area contributed by atoms with Crippen molar-refractivity contribution in [2.24, 2.45) is 0 Å². The molecule has 1 aromatic carbocycles. The molecule has 0 spiro atoms. The third-order valence-corrected chi connectivity index (χ3v) is 3.87. The van der Waals surface area contributed by atoms with E-state index in [0.29, 0.717) is 0 Å². The summed E-state index contributed by atoms with van der Waals surface area (Å²) in [5.41, 5.74) is 0.980. The van der Waals surface area contributed by atoms with Gasteiger partial charge in [-0.15, -0.1) is 11.3 Å². The van der Waals surface area contributed by atoms with E-state index in [1.165, 1.54) is 10.9 Å². The summed E-state index contributed by atoms with van der Waals surface area (Å²) in [5, 5.41) is 5.54. The van der Waals surface area contributed by atoms with Crippen molar-refractivity contribution in [2.75, 3.05) is 0 Å². The van der Waals surface area contributed by atoms with Gasteiger partial charge in [-0.1, -0.05) is 18.2 Å². The number of thiophene rings is 1. The van der Waals surface area contributed by atoms with Crippen LogP contribution in [-0.2, 0) is 0 Å². The molecule has 1 N–H and O–H groups in total. The van der Waals surface area contributed by atoms with Gasteiger partial charge in [-0.05, 0) is 43.0 Å². The molecule has 0 saturated heterocycles. The van der Waals surface area contributed by atoms with E-state index >= 15 is 0 Å². The molecule has 2 rings (SSSR count). The molecule has 0 aliphatic heterocycles. The quantitative estimate of drug-likeness (QED) is 0.852. The molecular weight excluding hydrogens is 233 g/mol. The molecule has 1 aromatic heterocycles. The van der Waals surface area contributed by atoms with Gasteiger partial charge in [-0.3, -0.25) is 0 Å². The fourth-order valence-corrected chi connectivity index (χ4v) is 2.61. The van der Waals surface area contributed by atoms with Gasteiger partial charge >= 0.3 is 0 Å². The molecule has 1 nitrogen and oxygen atoms in total. The van der Waals surface area contributed by atoms with E-state index in [1.807, 2.05) is 12.1 Å². The van der Waals surface area contributed by atoms with Gasteiger partial charge in [0.15, 0.2) is 0 Å². The van der Waals surface area contributed by atoms with E-state index in [2.05, 4.69) is 30.6 Å². The van der Waals surface area contributed by atoms with Crippen molar-refractivity contribution in [3.05, 3.63) is 58.0 Å². The Hall–Kier alpha value is -1.19. The highest BCUT2D eigenvalue weighted by molar-refractivity contribution is 7.10. The number of halogens is 1. The van der Waals surface area contributed by atoms with Crippen LogP contribution >= 0.6 is 11.3 Å². The molecule has 2 unspecified atom stereocenters. The molecule has 3 heteroatoms. The van der Waals surface area contributed by atoms with Crippen LogP contribution in [0.1, 0.15) is 36.4 Å². The zero-order valence-electron chi connectivity index (χ0n) is 9.98. The third-order valence-electron chi connectivity index (χ3n) is 2.82. The van der Waals surface area contributed by atoms with E-state index in [1.54, 1.807) is 23.5 Å². The summed E-state index contributed by atoms with van der Waals surface area (Å²) in [5.74, 6) is -0.181. The van der Waals surface area contributed by atoms with Gasteiger partial charge < -0.3 is 5.32 Å². The average Bonchev–Trinajstić information content (AvgIpc) is 2.82. The lowest BCUT2D eigenvalue weighted by atomic mass is 10.1. The van der Waals surface area contributed by atoms with E-state index in [-0.39, 0.29) is 17.9 Å². The fraction of sp³-hybridized carbons (Fsp3) is 0.286. The maximum Gasteiger partial charge on any atom is 0.123 e. The van der Waals surface area contributed by atoms with Crippen LogP contribution in [0.25, 0.3) is 0 Å². The Balaban J connectivity index is 2.04. The molecule has 0 aliphatic rings. The van der Waals surface area contributed by atoms with Crippen LogP contribution in [-0.4, -0.2) is 0 Å². The Morgan fingerprint density at radius 1 is 1.12 bits per heavy atom. The van der Waals surface area contributed by atoms with Gasteiger partial charge in [0.05, 0.1) is 0 Å². The Labute approximate surface area is 105 Å². The van der Waals surface area contributed by atoms with Gasteiger partial charge in [0, 0.05) is 17.0 Å². The smallest absolute Gasteiger partial charge is 0.123 e. The Morgan fingerprint density at radius 2 is 1.94 bits per heavy atom. The summed E-state index contributed by atoms with van der Waals surface area (Å²) >= 11 is 1.73. The third kappa shape index (κ3) is 3.14. The standard InChI is InChI=1S/C14H16FNS/c1-10(12-5-3-6-13(15)9-12)16-11(2)14-7-4-8-17-14/h3-11,16H,1-2H3. The van der Waals surface area contributed by atoms with Gasteiger partial charge in [0.2, 0.25) is 0 Å². The van der Waals surface area contributed by atoms with E-state index in [9.17, 15) is 4.39 Å². The topological polar surface area (TPSA) is 12.0 Å². The Kier molecular flexibility index (Phi) is 3.92. The molecule has 0 saturated carbocycles. The van der Waals surface area contributed by atoms with Crippen molar-refractivity contribution < 1.29 is 4.39 Å². The van der Waals surface area contributed by atoms with Gasteiger partial charge in [-0.2, -0.15) is 0 Å². The van der Waals surface area contributed by atoms with Crippen molar-refractivity contribution in [3.8, 4) is 0 Å². The first-order valence-electron chi connectivity index (χ1n) is 5.71. The lowest BCUT2D eigenvalue weighted by molar-refractivity contribution is 0.497. The van der Waals surface area contributed by atoms with Crippen molar-refractivity contribution >= 4 is 11.3 Å². The number of benzene rings is 1. The summed E-state index contributed by atoms with van der Waals surface area (Å²) in [4.78, 5) is 1.30. The van der Waals surface area contributed by atoms with Crippen LogP contribution in [0.5, 0.6) is 0 Å². The van der Waals surface area contributed by atoms with Crippen molar-refractivity contribution in [1.29, 1.82) is 0 Å². The first-order chi connectivity index (χ1) is 8.16. The predicted molar refractivity (Wildman–Crippen MR) is 70.7 cm³/mol. The van der Waals surface area contributed by atoms with Crippen molar-refractivity contribution in [1.82, 2.24) is 5.32 Å². The van der Waals surface area contributed by atoms with Crippen molar-refractivity contribution in [2.45, 2.75) is 25.9 Å². The van der Waals surface area contributed by atoms with Crippen LogP contribution < -0.4 is 5.32 Å². The second-order valence-electron chi connectivity index (χ2n) is 4.18. The maximum absolute atomic E-state index is 13.1. The summed E-state index contributed by atoms with van der Waals surface area (Å²) in [6.07, 6.45) is 0. The normalized spacial score (nSPS) is 14.5. The zero-order valence-corrected chi connectivity index (χ0v) is 10.8. The van der Waals surface area contributed by atoms with Crippen LogP contribution in [0.2, 0.25) is 0 Å². The number of hydrogen-bond donors (Lipinski definition) is 1. The highest BCUT2D eigenvalue weighted by Gasteiger charge is 2.11. The first kappa shape index (κ1) is 12.3. The SMILES string of the molecule is CC(NC(C)c1cccs1)c1cccc(F)c1. The molecule has 2 aromatic rings. The fourth-order valence-electron chi connectivity index (χ4n) is 1.87. The average molecular weight is 249 g/mol. The largest absolute Gasteiger partial charge is 0.303 e. The lowest BCUT2D eigenvalue weighted by Crippen LogP contribution is -2.21. The second kappa shape index (κ2) is 5.43. The van der Waals surface area contributed by atoms with E-state index < -0.39 is 0 Å². The van der Waals surface area contributed by atoms with Crippen LogP contribution in [0, 0.1) is 5.82 Å². The second-order valence-corrected chi connectivity index (χ2v) is 5.16. The zero-order chi connectivity index (χ0) is 12.3. The molecule has 1 heterocycles. The number of hydrogen-bond acceptors (Lipinski definition) is 2. The molecule has 0 amide bonds. The molecule has 0 aliphatic carbocycles. The van der Waals surface area contributed by atoms with E-state index in [4.69, 9.17) is 0 Å². The number of rotatable bonds is 4. The van der Waals surface area contributed by atoms with Gasteiger partial charge in [0.25, 0.3) is 0 Å². The Bertz CT molecular complexity index is 467.